The molecule has 0 saturated carbocycles. The predicted octanol–water partition coefficient (Wildman–Crippen LogP) is 4.10. The van der Waals surface area contributed by atoms with Crippen LogP contribution in [0.3, 0.4) is 0 Å². The van der Waals surface area contributed by atoms with Gasteiger partial charge in [-0.2, -0.15) is 0 Å². The summed E-state index contributed by atoms with van der Waals surface area (Å²) >= 11 is 2.65. The zero-order chi connectivity index (χ0) is 21.0. The molecule has 2 heterocycles. The van der Waals surface area contributed by atoms with E-state index < -0.39 is 0 Å². The third kappa shape index (κ3) is 5.24. The summed E-state index contributed by atoms with van der Waals surface area (Å²) in [6.07, 6.45) is 0.0268. The minimum absolute atomic E-state index is 0.0268. The second kappa shape index (κ2) is 9.23. The summed E-state index contributed by atoms with van der Waals surface area (Å²) in [5, 5.41) is 8.51. The number of hydrogen-bond donors (Lipinski definition) is 1. The van der Waals surface area contributed by atoms with Gasteiger partial charge in [0.25, 0.3) is 11.1 Å². The standard InChI is InChI=1S/C20H22N4O3S2/c1-12(2)27-19-21-22-20(29-19)28-11-17(25)16-10-13(3)24(14(16)4)23-18(26)15-8-6-5-7-9-15/h5-10,12H,11H2,1-4H3,(H,23,26). The number of ether oxygens (including phenoxy) is 1. The van der Waals surface area contributed by atoms with Gasteiger partial charge in [0.15, 0.2) is 10.1 Å². The van der Waals surface area contributed by atoms with Gasteiger partial charge in [0.2, 0.25) is 0 Å². The molecule has 0 spiro atoms. The quantitative estimate of drug-likeness (QED) is 0.428. The van der Waals surface area contributed by atoms with Gasteiger partial charge < -0.3 is 4.74 Å². The Labute approximate surface area is 177 Å². The van der Waals surface area contributed by atoms with Gasteiger partial charge in [-0.15, -0.1) is 5.10 Å². The molecule has 0 aliphatic rings. The smallest absolute Gasteiger partial charge is 0.295 e. The molecule has 29 heavy (non-hydrogen) atoms. The highest BCUT2D eigenvalue weighted by atomic mass is 32.2. The molecule has 0 radical (unpaired) electrons. The molecule has 1 aromatic carbocycles. The molecule has 0 saturated heterocycles. The van der Waals surface area contributed by atoms with Crippen molar-refractivity contribution in [2.45, 2.75) is 38.1 Å². The average molecular weight is 431 g/mol. The summed E-state index contributed by atoms with van der Waals surface area (Å²) < 4.78 is 7.83. The van der Waals surface area contributed by atoms with Crippen LogP contribution in [0.4, 0.5) is 0 Å². The Bertz CT molecular complexity index is 1010. The molecule has 0 bridgehead atoms. The summed E-state index contributed by atoms with van der Waals surface area (Å²) in [6, 6.07) is 10.7. The van der Waals surface area contributed by atoms with Gasteiger partial charge in [-0.3, -0.25) is 19.7 Å². The Morgan fingerprint density at radius 3 is 2.62 bits per heavy atom. The molecule has 0 aliphatic heterocycles. The van der Waals surface area contributed by atoms with Crippen molar-refractivity contribution in [3.63, 3.8) is 0 Å². The van der Waals surface area contributed by atoms with E-state index in [0.29, 0.717) is 26.4 Å². The number of benzene rings is 1. The molecular formula is C20H22N4O3S2. The van der Waals surface area contributed by atoms with E-state index in [1.165, 1.54) is 23.1 Å². The van der Waals surface area contributed by atoms with E-state index in [2.05, 4.69) is 15.6 Å². The lowest BCUT2D eigenvalue weighted by atomic mass is 10.2. The first-order valence-electron chi connectivity index (χ1n) is 9.06. The lowest BCUT2D eigenvalue weighted by Gasteiger charge is -2.11. The summed E-state index contributed by atoms with van der Waals surface area (Å²) in [7, 11) is 0. The van der Waals surface area contributed by atoms with Crippen molar-refractivity contribution in [2.24, 2.45) is 0 Å². The summed E-state index contributed by atoms with van der Waals surface area (Å²) in [5.74, 6) is -0.0371. The maximum atomic E-state index is 12.7. The van der Waals surface area contributed by atoms with E-state index in [1.54, 1.807) is 22.9 Å². The third-order valence-electron chi connectivity index (χ3n) is 4.03. The van der Waals surface area contributed by atoms with Crippen LogP contribution in [0.25, 0.3) is 0 Å². The van der Waals surface area contributed by atoms with Crippen molar-refractivity contribution in [3.8, 4) is 5.19 Å². The second-order valence-corrected chi connectivity index (χ2v) is 8.80. The summed E-state index contributed by atoms with van der Waals surface area (Å²) in [5.41, 5.74) is 5.45. The largest absolute Gasteiger partial charge is 0.466 e. The highest BCUT2D eigenvalue weighted by Gasteiger charge is 2.18. The first kappa shape index (κ1) is 21.1. The zero-order valence-corrected chi connectivity index (χ0v) is 18.3. The van der Waals surface area contributed by atoms with Crippen molar-refractivity contribution in [1.29, 1.82) is 0 Å². The van der Waals surface area contributed by atoms with Crippen LogP contribution in [0.5, 0.6) is 5.19 Å². The SMILES string of the molecule is Cc1cc(C(=O)CSc2nnc(OC(C)C)s2)c(C)n1NC(=O)c1ccccc1. The van der Waals surface area contributed by atoms with Crippen LogP contribution in [0.2, 0.25) is 0 Å². The molecule has 1 amide bonds. The van der Waals surface area contributed by atoms with E-state index in [0.717, 1.165) is 5.69 Å². The van der Waals surface area contributed by atoms with E-state index in [1.807, 2.05) is 45.9 Å². The Hall–Kier alpha value is -2.65. The number of hydrogen-bond acceptors (Lipinski definition) is 7. The Kier molecular flexibility index (Phi) is 6.71. The second-order valence-electron chi connectivity index (χ2n) is 6.64. The number of Topliss-reactive ketones (excluding diaryl/α,β-unsaturated/α-hetero) is 1. The van der Waals surface area contributed by atoms with Crippen LogP contribution in [0.15, 0.2) is 40.7 Å². The number of amides is 1. The van der Waals surface area contributed by atoms with Crippen molar-refractivity contribution < 1.29 is 14.3 Å². The average Bonchev–Trinajstić information content (AvgIpc) is 3.25. The van der Waals surface area contributed by atoms with Gasteiger partial charge in [0, 0.05) is 22.5 Å². The lowest BCUT2D eigenvalue weighted by Crippen LogP contribution is -2.25. The first-order chi connectivity index (χ1) is 13.8. The monoisotopic (exact) mass is 430 g/mol. The van der Waals surface area contributed by atoms with E-state index >= 15 is 0 Å². The lowest BCUT2D eigenvalue weighted by molar-refractivity contribution is 0.0999. The molecule has 3 rings (SSSR count). The Balaban J connectivity index is 1.66. The minimum Gasteiger partial charge on any atom is -0.466 e. The molecule has 0 fully saturated rings. The van der Waals surface area contributed by atoms with Gasteiger partial charge in [-0.1, -0.05) is 35.1 Å². The third-order valence-corrected chi connectivity index (χ3v) is 5.98. The molecule has 1 N–H and O–H groups in total. The highest BCUT2D eigenvalue weighted by molar-refractivity contribution is 8.01. The molecular weight excluding hydrogens is 408 g/mol. The molecule has 3 aromatic rings. The van der Waals surface area contributed by atoms with Gasteiger partial charge in [0.1, 0.15) is 0 Å². The van der Waals surface area contributed by atoms with Crippen LogP contribution >= 0.6 is 23.1 Å². The van der Waals surface area contributed by atoms with Gasteiger partial charge >= 0.3 is 0 Å². The molecule has 0 unspecified atom stereocenters. The number of nitrogens with one attached hydrogen (secondary N) is 1. The summed E-state index contributed by atoms with van der Waals surface area (Å²) in [4.78, 5) is 25.2. The topological polar surface area (TPSA) is 86.1 Å². The molecule has 152 valence electrons. The van der Waals surface area contributed by atoms with Gasteiger partial charge in [-0.05, 0) is 57.2 Å². The number of aromatic nitrogens is 3. The van der Waals surface area contributed by atoms with Crippen LogP contribution < -0.4 is 10.2 Å². The number of carbonyl (C=O) groups is 2. The number of rotatable bonds is 8. The Morgan fingerprint density at radius 2 is 1.93 bits per heavy atom. The van der Waals surface area contributed by atoms with Crippen LogP contribution in [-0.4, -0.2) is 38.4 Å². The van der Waals surface area contributed by atoms with E-state index in [4.69, 9.17) is 4.74 Å². The predicted molar refractivity (Wildman–Crippen MR) is 115 cm³/mol. The number of aryl methyl sites for hydroxylation is 1. The minimum atomic E-state index is -0.229. The number of thioether (sulfide) groups is 1. The molecule has 0 atom stereocenters. The van der Waals surface area contributed by atoms with Crippen molar-refractivity contribution in [3.05, 3.63) is 58.9 Å². The fraction of sp³-hybridized carbons (Fsp3) is 0.300. The fourth-order valence-corrected chi connectivity index (χ4v) is 4.37. The van der Waals surface area contributed by atoms with Gasteiger partial charge in [-0.25, -0.2) is 0 Å². The van der Waals surface area contributed by atoms with E-state index in [9.17, 15) is 9.59 Å². The van der Waals surface area contributed by atoms with Gasteiger partial charge in [0.05, 0.1) is 11.9 Å². The van der Waals surface area contributed by atoms with E-state index in [-0.39, 0.29) is 23.5 Å². The fourth-order valence-electron chi connectivity index (χ4n) is 2.68. The normalized spacial score (nSPS) is 10.9. The number of carbonyl (C=O) groups excluding carboxylic acids is 2. The number of ketones is 1. The van der Waals surface area contributed by atoms with Crippen molar-refractivity contribution in [2.75, 3.05) is 11.2 Å². The summed E-state index contributed by atoms with van der Waals surface area (Å²) in [6.45, 7) is 7.51. The molecule has 0 aliphatic carbocycles. The molecule has 9 heteroatoms. The molecule has 2 aromatic heterocycles. The number of nitrogens with zero attached hydrogens (tertiary/aromatic N) is 3. The maximum absolute atomic E-state index is 12.7. The highest BCUT2D eigenvalue weighted by Crippen LogP contribution is 2.28. The van der Waals surface area contributed by atoms with Crippen molar-refractivity contribution >= 4 is 34.8 Å². The van der Waals surface area contributed by atoms with Crippen LogP contribution in [-0.2, 0) is 0 Å². The Morgan fingerprint density at radius 1 is 1.21 bits per heavy atom. The van der Waals surface area contributed by atoms with Crippen LogP contribution in [0, 0.1) is 13.8 Å². The van der Waals surface area contributed by atoms with Crippen molar-refractivity contribution in [1.82, 2.24) is 14.9 Å². The first-order valence-corrected chi connectivity index (χ1v) is 10.9. The molecule has 7 nitrogen and oxygen atoms in total. The zero-order valence-electron chi connectivity index (χ0n) is 16.6. The van der Waals surface area contributed by atoms with Crippen LogP contribution in [0.1, 0.15) is 46.0 Å². The maximum Gasteiger partial charge on any atom is 0.295 e.